The van der Waals surface area contributed by atoms with Gasteiger partial charge in [0.25, 0.3) is 5.56 Å². The maximum atomic E-state index is 12.8. The fraction of sp³-hybridized carbons (Fsp3) is 0.235. The van der Waals surface area contributed by atoms with Crippen LogP contribution in [0, 0.1) is 6.92 Å². The minimum Gasteiger partial charge on any atom is -0.497 e. The molecule has 1 aromatic carbocycles. The number of nitrogens with zero attached hydrogens (tertiary/aromatic N) is 2. The highest BCUT2D eigenvalue weighted by molar-refractivity contribution is 7.11. The lowest BCUT2D eigenvalue weighted by molar-refractivity contribution is 0.0520. The van der Waals surface area contributed by atoms with Crippen molar-refractivity contribution in [2.45, 2.75) is 13.8 Å². The Bertz CT molecular complexity index is 957. The number of esters is 1. The first kappa shape index (κ1) is 16.2. The number of carbonyl (C=O) groups excluding carboxylic acids is 1. The van der Waals surface area contributed by atoms with Crippen LogP contribution in [-0.4, -0.2) is 29.5 Å². The van der Waals surface area contributed by atoms with Gasteiger partial charge in [-0.25, -0.2) is 4.79 Å². The number of hydrogen-bond donors (Lipinski definition) is 0. The summed E-state index contributed by atoms with van der Waals surface area (Å²) in [7, 11) is 1.57. The number of thiophene rings is 1. The lowest BCUT2D eigenvalue weighted by Crippen LogP contribution is -2.25. The number of rotatable bonds is 4. The van der Waals surface area contributed by atoms with Gasteiger partial charge in [-0.15, -0.1) is 11.3 Å². The molecule has 0 aliphatic carbocycles. The summed E-state index contributed by atoms with van der Waals surface area (Å²) in [6.07, 6.45) is 0. The number of ether oxygens (including phenoxy) is 2. The number of hydrogen-bond acceptors (Lipinski definition) is 6. The molecule has 0 saturated carbocycles. The van der Waals surface area contributed by atoms with E-state index in [9.17, 15) is 9.59 Å². The van der Waals surface area contributed by atoms with Crippen LogP contribution in [0.4, 0.5) is 0 Å². The fourth-order valence-corrected chi connectivity index (χ4v) is 3.29. The molecule has 124 valence electrons. The lowest BCUT2D eigenvalue weighted by Gasteiger charge is -2.09. The average Bonchev–Trinajstić information content (AvgIpc) is 2.98. The zero-order valence-corrected chi connectivity index (χ0v) is 14.3. The van der Waals surface area contributed by atoms with E-state index in [1.165, 1.54) is 16.0 Å². The van der Waals surface area contributed by atoms with Crippen LogP contribution in [0.5, 0.6) is 5.75 Å². The smallest absolute Gasteiger partial charge is 0.359 e. The van der Waals surface area contributed by atoms with Crippen LogP contribution < -0.4 is 10.3 Å². The molecule has 0 aliphatic heterocycles. The number of methoxy groups -OCH3 is 1. The summed E-state index contributed by atoms with van der Waals surface area (Å²) in [6.45, 7) is 3.82. The van der Waals surface area contributed by atoms with E-state index in [0.29, 0.717) is 22.2 Å². The third-order valence-electron chi connectivity index (χ3n) is 3.62. The minimum absolute atomic E-state index is 0.145. The Morgan fingerprint density at radius 1 is 1.29 bits per heavy atom. The Kier molecular flexibility index (Phi) is 4.35. The molecule has 2 heterocycles. The Hall–Kier alpha value is -2.67. The quantitative estimate of drug-likeness (QED) is 0.681. The second-order valence-electron chi connectivity index (χ2n) is 5.06. The van der Waals surface area contributed by atoms with Crippen molar-refractivity contribution in [3.8, 4) is 11.4 Å². The monoisotopic (exact) mass is 344 g/mol. The van der Waals surface area contributed by atoms with Gasteiger partial charge in [0, 0.05) is 15.6 Å². The van der Waals surface area contributed by atoms with Gasteiger partial charge >= 0.3 is 5.97 Å². The summed E-state index contributed by atoms with van der Waals surface area (Å²) < 4.78 is 11.4. The molecule has 7 heteroatoms. The average molecular weight is 344 g/mol. The zero-order valence-electron chi connectivity index (χ0n) is 13.5. The Morgan fingerprint density at radius 3 is 2.62 bits per heavy atom. The van der Waals surface area contributed by atoms with E-state index in [-0.39, 0.29) is 17.9 Å². The van der Waals surface area contributed by atoms with Crippen molar-refractivity contribution in [3.63, 3.8) is 0 Å². The lowest BCUT2D eigenvalue weighted by atomic mass is 10.2. The molecule has 0 atom stereocenters. The van der Waals surface area contributed by atoms with E-state index >= 15 is 0 Å². The molecule has 6 nitrogen and oxygen atoms in total. The zero-order chi connectivity index (χ0) is 17.3. The molecule has 0 saturated heterocycles. The Morgan fingerprint density at radius 2 is 2.00 bits per heavy atom. The Labute approximate surface area is 142 Å². The van der Waals surface area contributed by atoms with Gasteiger partial charge in [-0.1, -0.05) is 0 Å². The van der Waals surface area contributed by atoms with Crippen molar-refractivity contribution < 1.29 is 14.3 Å². The van der Waals surface area contributed by atoms with Gasteiger partial charge in [-0.05, 0) is 38.1 Å². The van der Waals surface area contributed by atoms with Crippen molar-refractivity contribution in [3.05, 3.63) is 50.6 Å². The van der Waals surface area contributed by atoms with E-state index in [1.807, 2.05) is 6.92 Å². The largest absolute Gasteiger partial charge is 0.497 e. The first-order valence-corrected chi connectivity index (χ1v) is 8.27. The maximum Gasteiger partial charge on any atom is 0.359 e. The van der Waals surface area contributed by atoms with Crippen LogP contribution >= 0.6 is 11.3 Å². The highest BCUT2D eigenvalue weighted by atomic mass is 32.1. The van der Waals surface area contributed by atoms with Crippen molar-refractivity contribution in [1.29, 1.82) is 0 Å². The topological polar surface area (TPSA) is 70.4 Å². The van der Waals surface area contributed by atoms with Crippen LogP contribution in [0.3, 0.4) is 0 Å². The van der Waals surface area contributed by atoms with Crippen molar-refractivity contribution >= 4 is 28.1 Å². The molecule has 3 aromatic rings. The highest BCUT2D eigenvalue weighted by Crippen LogP contribution is 2.25. The van der Waals surface area contributed by atoms with Gasteiger partial charge < -0.3 is 9.47 Å². The molecule has 0 fully saturated rings. The van der Waals surface area contributed by atoms with Gasteiger partial charge in [0.15, 0.2) is 5.69 Å². The third kappa shape index (κ3) is 2.67. The molecule has 2 aromatic heterocycles. The van der Waals surface area contributed by atoms with Crippen LogP contribution in [0.15, 0.2) is 34.4 Å². The van der Waals surface area contributed by atoms with E-state index in [1.54, 1.807) is 43.7 Å². The number of carbonyl (C=O) groups is 1. The maximum absolute atomic E-state index is 12.8. The van der Waals surface area contributed by atoms with Crippen LogP contribution in [0.1, 0.15) is 22.3 Å². The normalized spacial score (nSPS) is 10.8. The van der Waals surface area contributed by atoms with E-state index in [2.05, 4.69) is 5.10 Å². The fourth-order valence-electron chi connectivity index (χ4n) is 2.45. The molecule has 0 spiro atoms. The Balaban J connectivity index is 2.27. The molecule has 0 unspecified atom stereocenters. The number of aryl methyl sites for hydroxylation is 1. The summed E-state index contributed by atoms with van der Waals surface area (Å²) in [6, 6.07) is 6.90. The van der Waals surface area contributed by atoms with Gasteiger partial charge in [0.05, 0.1) is 24.8 Å². The predicted molar refractivity (Wildman–Crippen MR) is 92.5 cm³/mol. The molecule has 0 radical (unpaired) electrons. The van der Waals surface area contributed by atoms with Crippen LogP contribution in [-0.2, 0) is 4.74 Å². The summed E-state index contributed by atoms with van der Waals surface area (Å²) >= 11 is 1.41. The summed E-state index contributed by atoms with van der Waals surface area (Å²) in [5, 5.41) is 7.05. The second kappa shape index (κ2) is 6.45. The van der Waals surface area contributed by atoms with Gasteiger partial charge in [-0.2, -0.15) is 9.78 Å². The van der Waals surface area contributed by atoms with Crippen molar-refractivity contribution in [2.24, 2.45) is 0 Å². The summed E-state index contributed by atoms with van der Waals surface area (Å²) in [4.78, 5) is 25.9. The first-order chi connectivity index (χ1) is 11.6. The van der Waals surface area contributed by atoms with Gasteiger partial charge in [-0.3, -0.25) is 4.79 Å². The van der Waals surface area contributed by atoms with E-state index < -0.39 is 5.97 Å². The summed E-state index contributed by atoms with van der Waals surface area (Å²) in [5.74, 6) is 0.132. The molecule has 0 bridgehead atoms. The molecular formula is C17H16N2O4S. The van der Waals surface area contributed by atoms with Gasteiger partial charge in [0.1, 0.15) is 5.75 Å². The molecule has 0 N–H and O–H groups in total. The van der Waals surface area contributed by atoms with Crippen molar-refractivity contribution in [1.82, 2.24) is 9.78 Å². The van der Waals surface area contributed by atoms with E-state index in [0.717, 1.165) is 4.88 Å². The number of fused-ring (bicyclic) bond motifs is 1. The number of benzene rings is 1. The second-order valence-corrected chi connectivity index (χ2v) is 6.15. The first-order valence-electron chi connectivity index (χ1n) is 7.39. The summed E-state index contributed by atoms with van der Waals surface area (Å²) in [5.41, 5.74) is 0.437. The molecule has 3 rings (SSSR count). The molecular weight excluding hydrogens is 328 g/mol. The highest BCUT2D eigenvalue weighted by Gasteiger charge is 2.20. The molecule has 0 aliphatic rings. The van der Waals surface area contributed by atoms with Crippen LogP contribution in [0.2, 0.25) is 0 Å². The van der Waals surface area contributed by atoms with Crippen LogP contribution in [0.25, 0.3) is 16.5 Å². The third-order valence-corrected chi connectivity index (χ3v) is 4.53. The number of aromatic nitrogens is 2. The SMILES string of the molecule is CCOC(=O)c1nn(-c2ccc(OC)cc2)c(=O)c2c(C)scc12. The predicted octanol–water partition coefficient (Wildman–Crippen LogP) is 2.94. The standard InChI is InChI=1S/C17H16N2O4S/c1-4-23-17(21)15-13-9-24-10(2)14(13)16(20)19(18-15)11-5-7-12(22-3)8-6-11/h5-9H,4H2,1-3H3. The van der Waals surface area contributed by atoms with Gasteiger partial charge in [0.2, 0.25) is 0 Å². The minimum atomic E-state index is -0.539. The molecule has 0 amide bonds. The van der Waals surface area contributed by atoms with E-state index in [4.69, 9.17) is 9.47 Å². The van der Waals surface area contributed by atoms with Crippen molar-refractivity contribution in [2.75, 3.05) is 13.7 Å². The molecule has 24 heavy (non-hydrogen) atoms.